The van der Waals surface area contributed by atoms with Crippen LogP contribution in [0.5, 0.6) is 0 Å². The van der Waals surface area contributed by atoms with E-state index >= 15 is 0 Å². The number of rotatable bonds is 7. The lowest BCUT2D eigenvalue weighted by Crippen LogP contribution is -2.64. The van der Waals surface area contributed by atoms with Crippen molar-refractivity contribution in [3.8, 4) is 0 Å². The van der Waals surface area contributed by atoms with Gasteiger partial charge in [0.2, 0.25) is 0 Å². The number of ketones is 3. The highest BCUT2D eigenvalue weighted by Gasteiger charge is 2.71. The predicted molar refractivity (Wildman–Crippen MR) is 142 cm³/mol. The maximum absolute atomic E-state index is 14.1. The Balaban J connectivity index is 1.24. The maximum atomic E-state index is 14.1. The lowest BCUT2D eigenvalue weighted by atomic mass is 9.39. The maximum Gasteiger partial charge on any atom is 0.305 e. The number of esters is 1. The highest BCUT2D eigenvalue weighted by molar-refractivity contribution is 5.94. The van der Waals surface area contributed by atoms with Gasteiger partial charge in [-0.1, -0.05) is 27.7 Å². The first kappa shape index (κ1) is 27.9. The zero-order valence-electron chi connectivity index (χ0n) is 23.9. The minimum absolute atomic E-state index is 0.0444. The van der Waals surface area contributed by atoms with E-state index in [-0.39, 0.29) is 58.0 Å². The molecule has 0 spiro atoms. The average Bonchev–Trinajstić information content (AvgIpc) is 3.17. The van der Waals surface area contributed by atoms with Gasteiger partial charge in [-0.25, -0.2) is 0 Å². The van der Waals surface area contributed by atoms with Gasteiger partial charge < -0.3 is 9.47 Å². The minimum atomic E-state index is -0.558. The topological polar surface area (TPSA) is 90.0 Å². The van der Waals surface area contributed by atoms with Crippen molar-refractivity contribution in [3.63, 3.8) is 0 Å². The number of hydrogen-bond acceptors (Lipinski definition) is 7. The quantitative estimate of drug-likeness (QED) is 0.455. The molecule has 1 heterocycles. The SMILES string of the molecule is C[C@H](CCC(=O)OCCN1CCOCC1)C1CC[C@@]2(C)C3C(=O)CC4CC(=O)CCC4(C)[C@H]3CC(=O)C12C. The van der Waals surface area contributed by atoms with Crippen molar-refractivity contribution in [2.45, 2.75) is 85.5 Å². The van der Waals surface area contributed by atoms with Crippen LogP contribution in [0, 0.1) is 45.8 Å². The number of ether oxygens (including phenoxy) is 2. The Bertz CT molecular complexity index is 973. The van der Waals surface area contributed by atoms with E-state index in [1.165, 1.54) is 0 Å². The van der Waals surface area contributed by atoms with Crippen molar-refractivity contribution in [2.24, 2.45) is 45.8 Å². The minimum Gasteiger partial charge on any atom is -0.464 e. The van der Waals surface area contributed by atoms with E-state index in [1.807, 2.05) is 0 Å². The molecule has 8 atom stereocenters. The van der Waals surface area contributed by atoms with Crippen LogP contribution in [0.2, 0.25) is 0 Å². The van der Waals surface area contributed by atoms with E-state index in [2.05, 4.69) is 32.6 Å². The zero-order valence-corrected chi connectivity index (χ0v) is 23.9. The number of carbonyl (C=O) groups excluding carboxylic acids is 4. The Morgan fingerprint density at radius 3 is 2.55 bits per heavy atom. The Labute approximate surface area is 227 Å². The van der Waals surface area contributed by atoms with Crippen LogP contribution in [0.1, 0.15) is 85.5 Å². The largest absolute Gasteiger partial charge is 0.464 e. The van der Waals surface area contributed by atoms with Gasteiger partial charge in [-0.05, 0) is 60.2 Å². The van der Waals surface area contributed by atoms with E-state index < -0.39 is 5.41 Å². The Morgan fingerprint density at radius 2 is 1.82 bits per heavy atom. The number of hydrogen-bond donors (Lipinski definition) is 0. The summed E-state index contributed by atoms with van der Waals surface area (Å²) in [6, 6.07) is 0. The van der Waals surface area contributed by atoms with E-state index in [9.17, 15) is 19.2 Å². The molecular weight excluding hydrogens is 482 g/mol. The molecule has 0 N–H and O–H groups in total. The number of carbonyl (C=O) groups is 4. The van der Waals surface area contributed by atoms with Crippen molar-refractivity contribution in [1.29, 1.82) is 0 Å². The van der Waals surface area contributed by atoms with Crippen LogP contribution in [-0.4, -0.2) is 67.7 Å². The molecule has 4 saturated carbocycles. The van der Waals surface area contributed by atoms with Crippen LogP contribution in [-0.2, 0) is 28.7 Å². The van der Waals surface area contributed by atoms with Gasteiger partial charge in [0.15, 0.2) is 0 Å². The summed E-state index contributed by atoms with van der Waals surface area (Å²) in [6.45, 7) is 13.1. The Morgan fingerprint density at radius 1 is 1.08 bits per heavy atom. The lowest BCUT2D eigenvalue weighted by molar-refractivity contribution is -0.180. The highest BCUT2D eigenvalue weighted by Crippen LogP contribution is 2.71. The lowest BCUT2D eigenvalue weighted by Gasteiger charge is -2.62. The molecule has 38 heavy (non-hydrogen) atoms. The van der Waals surface area contributed by atoms with Gasteiger partial charge in [0, 0.05) is 63.1 Å². The number of morpholine rings is 1. The summed E-state index contributed by atoms with van der Waals surface area (Å²) in [5.74, 6) is 1.07. The van der Waals surface area contributed by atoms with Gasteiger partial charge >= 0.3 is 5.97 Å². The summed E-state index contributed by atoms with van der Waals surface area (Å²) >= 11 is 0. The molecule has 0 aromatic rings. The van der Waals surface area contributed by atoms with Crippen LogP contribution in [0.4, 0.5) is 0 Å². The first-order valence-electron chi connectivity index (χ1n) is 15.0. The molecule has 7 heteroatoms. The van der Waals surface area contributed by atoms with E-state index in [0.717, 1.165) is 52.1 Å². The molecule has 0 aromatic carbocycles. The van der Waals surface area contributed by atoms with Crippen molar-refractivity contribution in [3.05, 3.63) is 0 Å². The Hall–Kier alpha value is -1.60. The molecule has 1 saturated heterocycles. The van der Waals surface area contributed by atoms with Crippen LogP contribution in [0.3, 0.4) is 0 Å². The zero-order chi connectivity index (χ0) is 27.3. The fourth-order valence-corrected chi connectivity index (χ4v) is 9.57. The van der Waals surface area contributed by atoms with Crippen LogP contribution >= 0.6 is 0 Å². The molecule has 5 unspecified atom stereocenters. The number of nitrogens with zero attached hydrogens (tertiary/aromatic N) is 1. The monoisotopic (exact) mass is 529 g/mol. The molecule has 0 radical (unpaired) electrons. The highest BCUT2D eigenvalue weighted by atomic mass is 16.5. The summed E-state index contributed by atoms with van der Waals surface area (Å²) in [4.78, 5) is 54.8. The van der Waals surface area contributed by atoms with E-state index in [0.29, 0.717) is 50.9 Å². The second-order valence-electron chi connectivity index (χ2n) is 13.8. The van der Waals surface area contributed by atoms with Crippen LogP contribution < -0.4 is 0 Å². The van der Waals surface area contributed by atoms with Crippen LogP contribution in [0.15, 0.2) is 0 Å². The molecule has 0 bridgehead atoms. The molecule has 4 aliphatic carbocycles. The average molecular weight is 530 g/mol. The van der Waals surface area contributed by atoms with E-state index in [1.54, 1.807) is 0 Å². The number of Topliss-reactive ketones (excluding diaryl/α,β-unsaturated/α-hetero) is 3. The van der Waals surface area contributed by atoms with Crippen molar-refractivity contribution >= 4 is 23.3 Å². The third kappa shape index (κ3) is 4.49. The fraction of sp³-hybridized carbons (Fsp3) is 0.871. The molecule has 5 rings (SSSR count). The smallest absolute Gasteiger partial charge is 0.305 e. The number of fused-ring (bicyclic) bond motifs is 5. The van der Waals surface area contributed by atoms with Crippen LogP contribution in [0.25, 0.3) is 0 Å². The normalized spacial score (nSPS) is 42.3. The van der Waals surface area contributed by atoms with Gasteiger partial charge in [-0.2, -0.15) is 0 Å². The third-order valence-corrected chi connectivity index (χ3v) is 12.2. The predicted octanol–water partition coefficient (Wildman–Crippen LogP) is 4.25. The summed E-state index contributed by atoms with van der Waals surface area (Å²) < 4.78 is 10.9. The molecule has 0 amide bonds. The Kier molecular flexibility index (Phi) is 7.66. The summed E-state index contributed by atoms with van der Waals surface area (Å²) in [5.41, 5.74) is -1.03. The molecular formula is C31H47NO6. The second kappa shape index (κ2) is 10.4. The van der Waals surface area contributed by atoms with Crippen molar-refractivity contribution in [1.82, 2.24) is 4.90 Å². The molecule has 1 aliphatic heterocycles. The van der Waals surface area contributed by atoms with Gasteiger partial charge in [0.1, 0.15) is 24.0 Å². The molecule has 5 aliphatic rings. The summed E-state index contributed by atoms with van der Waals surface area (Å²) in [7, 11) is 0. The van der Waals surface area contributed by atoms with Gasteiger partial charge in [-0.15, -0.1) is 0 Å². The molecule has 0 aromatic heterocycles. The van der Waals surface area contributed by atoms with Gasteiger partial charge in [-0.3, -0.25) is 24.1 Å². The summed E-state index contributed by atoms with van der Waals surface area (Å²) in [6.07, 6.45) is 5.67. The first-order valence-corrected chi connectivity index (χ1v) is 15.0. The van der Waals surface area contributed by atoms with E-state index in [4.69, 9.17) is 9.47 Å². The standard InChI is InChI=1S/C31H47NO6/c1-20(5-6-27(36)38-16-13-32-11-14-37-15-12-32)23-8-10-30(3)28-24(19-26(35)31(23,30)4)29(2)9-7-22(33)17-21(29)18-25(28)34/h20-21,23-24,28H,5-19H2,1-4H3/t20-,21?,23?,24+,28?,29?,30+,31?/m1/s1. The first-order chi connectivity index (χ1) is 18.0. The van der Waals surface area contributed by atoms with Crippen molar-refractivity contribution in [2.75, 3.05) is 39.5 Å². The van der Waals surface area contributed by atoms with Gasteiger partial charge in [0.25, 0.3) is 0 Å². The second-order valence-corrected chi connectivity index (χ2v) is 13.8. The third-order valence-electron chi connectivity index (χ3n) is 12.2. The molecule has 5 fully saturated rings. The molecule has 212 valence electrons. The fourth-order valence-electron chi connectivity index (χ4n) is 9.57. The molecule has 7 nitrogen and oxygen atoms in total. The van der Waals surface area contributed by atoms with Gasteiger partial charge in [0.05, 0.1) is 13.2 Å². The van der Waals surface area contributed by atoms with Crippen molar-refractivity contribution < 1.29 is 28.7 Å². The summed E-state index contributed by atoms with van der Waals surface area (Å²) in [5, 5.41) is 0.